The first-order valence-corrected chi connectivity index (χ1v) is 6.42. The summed E-state index contributed by atoms with van der Waals surface area (Å²) in [5, 5.41) is 9.46. The Hall–Kier alpha value is -2.81. The number of aromatic nitrogens is 1. The highest BCUT2D eigenvalue weighted by Gasteiger charge is 2.36. The molecule has 0 spiro atoms. The van der Waals surface area contributed by atoms with Gasteiger partial charge in [-0.15, -0.1) is 0 Å². The van der Waals surface area contributed by atoms with Crippen LogP contribution in [0, 0.1) is 11.3 Å². The van der Waals surface area contributed by atoms with Crippen molar-refractivity contribution in [3.8, 4) is 6.07 Å². The number of nitrogens with two attached hydrogens (primary N) is 1. The summed E-state index contributed by atoms with van der Waals surface area (Å²) >= 11 is 0. The molecule has 0 radical (unpaired) electrons. The number of esters is 1. The van der Waals surface area contributed by atoms with Crippen LogP contribution in [-0.2, 0) is 14.3 Å². The fourth-order valence-corrected chi connectivity index (χ4v) is 2.29. The van der Waals surface area contributed by atoms with E-state index in [1.54, 1.807) is 24.5 Å². The number of nitrogens with zero attached hydrogens (tertiary/aromatic N) is 2. The smallest absolute Gasteiger partial charge is 0.340 e. The predicted octanol–water partition coefficient (Wildman–Crippen LogP) is 1.73. The molecule has 1 aliphatic heterocycles. The third-order valence-corrected chi connectivity index (χ3v) is 3.24. The lowest BCUT2D eigenvalue weighted by atomic mass is 9.83. The molecule has 2 rings (SSSR count). The molecule has 6 nitrogen and oxygen atoms in total. The minimum absolute atomic E-state index is 0.0356. The van der Waals surface area contributed by atoms with E-state index in [2.05, 4.69) is 11.1 Å². The molecule has 0 saturated heterocycles. The van der Waals surface area contributed by atoms with Crippen molar-refractivity contribution in [1.82, 2.24) is 4.98 Å². The zero-order chi connectivity index (χ0) is 15.4. The van der Waals surface area contributed by atoms with Gasteiger partial charge in [-0.2, -0.15) is 5.26 Å². The van der Waals surface area contributed by atoms with Crippen LogP contribution in [0.1, 0.15) is 24.8 Å². The molecule has 0 aromatic carbocycles. The van der Waals surface area contributed by atoms with Gasteiger partial charge in [0.15, 0.2) is 0 Å². The molecule has 1 unspecified atom stereocenters. The highest BCUT2D eigenvalue weighted by Crippen LogP contribution is 2.39. The van der Waals surface area contributed by atoms with Gasteiger partial charge in [-0.3, -0.25) is 4.98 Å². The molecule has 0 fully saturated rings. The Morgan fingerprint density at radius 1 is 1.62 bits per heavy atom. The van der Waals surface area contributed by atoms with Crippen LogP contribution in [0.4, 0.5) is 0 Å². The van der Waals surface area contributed by atoms with Gasteiger partial charge < -0.3 is 15.2 Å². The lowest BCUT2D eigenvalue weighted by Crippen LogP contribution is -2.26. The third kappa shape index (κ3) is 2.58. The number of methoxy groups -OCH3 is 1. The van der Waals surface area contributed by atoms with Gasteiger partial charge in [0.25, 0.3) is 0 Å². The van der Waals surface area contributed by atoms with Crippen LogP contribution >= 0.6 is 0 Å². The van der Waals surface area contributed by atoms with E-state index in [1.165, 1.54) is 7.11 Å². The Balaban J connectivity index is 2.65. The Kier molecular flexibility index (Phi) is 4.24. The van der Waals surface area contributed by atoms with Gasteiger partial charge >= 0.3 is 5.97 Å². The first-order chi connectivity index (χ1) is 10.1. The second-order valence-electron chi connectivity index (χ2n) is 4.39. The maximum absolute atomic E-state index is 12.0. The molecular formula is C15H15N3O3. The van der Waals surface area contributed by atoms with Crippen molar-refractivity contribution >= 4 is 5.97 Å². The number of allylic oxidation sites excluding steroid dienone is 2. The number of rotatable bonds is 3. The third-order valence-electron chi connectivity index (χ3n) is 3.24. The lowest BCUT2D eigenvalue weighted by Gasteiger charge is -2.27. The number of nitriles is 1. The van der Waals surface area contributed by atoms with Crippen LogP contribution in [0.2, 0.25) is 0 Å². The van der Waals surface area contributed by atoms with Gasteiger partial charge in [0.05, 0.1) is 24.7 Å². The van der Waals surface area contributed by atoms with Crippen molar-refractivity contribution in [1.29, 1.82) is 5.26 Å². The average molecular weight is 285 g/mol. The van der Waals surface area contributed by atoms with E-state index in [0.29, 0.717) is 23.3 Å². The molecule has 0 aliphatic carbocycles. The second kappa shape index (κ2) is 6.09. The first-order valence-electron chi connectivity index (χ1n) is 6.42. The Labute approximate surface area is 122 Å². The van der Waals surface area contributed by atoms with Crippen molar-refractivity contribution in [2.24, 2.45) is 5.73 Å². The number of hydrogen-bond donors (Lipinski definition) is 1. The Morgan fingerprint density at radius 2 is 2.38 bits per heavy atom. The Bertz CT molecular complexity index is 656. The number of ether oxygens (including phenoxy) is 2. The van der Waals surface area contributed by atoms with E-state index >= 15 is 0 Å². The summed E-state index contributed by atoms with van der Waals surface area (Å²) < 4.78 is 10.2. The highest BCUT2D eigenvalue weighted by atomic mass is 16.5. The zero-order valence-corrected chi connectivity index (χ0v) is 11.8. The summed E-state index contributed by atoms with van der Waals surface area (Å²) in [6, 6.07) is 5.63. The van der Waals surface area contributed by atoms with Crippen LogP contribution in [0.5, 0.6) is 0 Å². The largest absolute Gasteiger partial charge is 0.465 e. The van der Waals surface area contributed by atoms with Gasteiger partial charge in [-0.25, -0.2) is 4.79 Å². The predicted molar refractivity (Wildman–Crippen MR) is 74.2 cm³/mol. The second-order valence-corrected chi connectivity index (χ2v) is 4.39. The molecule has 0 bridgehead atoms. The summed E-state index contributed by atoms with van der Waals surface area (Å²) in [6.07, 6.45) is 3.70. The molecule has 0 amide bonds. The summed E-state index contributed by atoms with van der Waals surface area (Å²) in [4.78, 5) is 16.1. The summed E-state index contributed by atoms with van der Waals surface area (Å²) in [7, 11) is 1.26. The summed E-state index contributed by atoms with van der Waals surface area (Å²) in [6.45, 7) is 1.85. The molecule has 1 atom stereocenters. The number of hydrogen-bond acceptors (Lipinski definition) is 6. The van der Waals surface area contributed by atoms with Crippen LogP contribution in [0.3, 0.4) is 0 Å². The van der Waals surface area contributed by atoms with Crippen molar-refractivity contribution in [2.45, 2.75) is 19.3 Å². The topological polar surface area (TPSA) is 98.2 Å². The van der Waals surface area contributed by atoms with Crippen molar-refractivity contribution in [2.75, 3.05) is 7.11 Å². The SMILES string of the molecule is CCC1=C(C#N)C(c2cccnc2)C(C(=O)OC)=C(N)O1. The molecule has 1 aliphatic rings. The van der Waals surface area contributed by atoms with E-state index in [0.717, 1.165) is 0 Å². The Morgan fingerprint density at radius 3 is 2.90 bits per heavy atom. The average Bonchev–Trinajstić information content (AvgIpc) is 2.53. The van der Waals surface area contributed by atoms with Crippen LogP contribution < -0.4 is 5.73 Å². The molecule has 6 heteroatoms. The monoisotopic (exact) mass is 285 g/mol. The van der Waals surface area contributed by atoms with Crippen molar-refractivity contribution < 1.29 is 14.3 Å². The minimum atomic E-state index is -0.625. The minimum Gasteiger partial charge on any atom is -0.465 e. The molecular weight excluding hydrogens is 270 g/mol. The molecule has 0 saturated carbocycles. The van der Waals surface area contributed by atoms with E-state index in [4.69, 9.17) is 15.2 Å². The molecule has 1 aromatic rings. The van der Waals surface area contributed by atoms with Crippen molar-refractivity contribution in [3.63, 3.8) is 0 Å². The quantitative estimate of drug-likeness (QED) is 0.849. The van der Waals surface area contributed by atoms with E-state index in [-0.39, 0.29) is 11.5 Å². The number of carbonyl (C=O) groups excluding carboxylic acids is 1. The molecule has 21 heavy (non-hydrogen) atoms. The molecule has 1 aromatic heterocycles. The van der Waals surface area contributed by atoms with Gasteiger partial charge in [0.1, 0.15) is 11.3 Å². The molecule has 108 valence electrons. The van der Waals surface area contributed by atoms with Crippen LogP contribution in [0.25, 0.3) is 0 Å². The van der Waals surface area contributed by atoms with E-state index in [1.807, 2.05) is 6.92 Å². The highest BCUT2D eigenvalue weighted by molar-refractivity contribution is 5.92. The van der Waals surface area contributed by atoms with Crippen molar-refractivity contribution in [3.05, 3.63) is 52.9 Å². The maximum Gasteiger partial charge on any atom is 0.340 e. The molecule has 2 N–H and O–H groups in total. The number of carbonyl (C=O) groups is 1. The van der Waals surface area contributed by atoms with E-state index < -0.39 is 11.9 Å². The lowest BCUT2D eigenvalue weighted by molar-refractivity contribution is -0.136. The zero-order valence-electron chi connectivity index (χ0n) is 11.8. The fourth-order valence-electron chi connectivity index (χ4n) is 2.29. The standard InChI is InChI=1S/C15H15N3O3/c1-3-11-10(7-16)12(9-5-4-6-18-8-9)13(14(17)21-11)15(19)20-2/h4-6,8,12H,3,17H2,1-2H3. The summed E-state index contributed by atoms with van der Waals surface area (Å²) in [5.41, 5.74) is 7.02. The van der Waals surface area contributed by atoms with E-state index in [9.17, 15) is 10.1 Å². The normalized spacial score (nSPS) is 18.0. The molecule has 2 heterocycles. The first kappa shape index (κ1) is 14.6. The maximum atomic E-state index is 12.0. The summed E-state index contributed by atoms with van der Waals surface area (Å²) in [5.74, 6) is -0.827. The van der Waals surface area contributed by atoms with Gasteiger partial charge in [-0.05, 0) is 11.6 Å². The van der Waals surface area contributed by atoms with Gasteiger partial charge in [0, 0.05) is 18.8 Å². The van der Waals surface area contributed by atoms with Gasteiger partial charge in [0.2, 0.25) is 5.88 Å². The number of pyridine rings is 1. The van der Waals surface area contributed by atoms with Gasteiger partial charge in [-0.1, -0.05) is 13.0 Å². The van der Waals surface area contributed by atoms with Crippen LogP contribution in [0.15, 0.2) is 47.3 Å². The van der Waals surface area contributed by atoms with Crippen LogP contribution in [-0.4, -0.2) is 18.1 Å². The fraction of sp³-hybridized carbons (Fsp3) is 0.267.